The van der Waals surface area contributed by atoms with Gasteiger partial charge >= 0.3 is 0 Å². The Morgan fingerprint density at radius 2 is 1.94 bits per heavy atom. The van der Waals surface area contributed by atoms with Crippen LogP contribution in [0.2, 0.25) is 0 Å². The van der Waals surface area contributed by atoms with Gasteiger partial charge in [-0.3, -0.25) is 25.1 Å². The standard InChI is InChI=1S/C25H27N5O4/c1-14(2)17-9-8-15(3)11-21(17)34-13-22(31)27-28-25(32)18-12-19(20-7-6-10-33-20)26-24-23(18)16(4)29-30(24)5/h6-12,14H,13H2,1-5H3,(H,27,31)(H,28,32). The van der Waals surface area contributed by atoms with Crippen LogP contribution in [0.3, 0.4) is 0 Å². The summed E-state index contributed by atoms with van der Waals surface area (Å²) in [5, 5.41) is 4.98. The molecular formula is C25H27N5O4. The van der Waals surface area contributed by atoms with Gasteiger partial charge in [0.1, 0.15) is 11.4 Å². The summed E-state index contributed by atoms with van der Waals surface area (Å²) in [5.74, 6) is 0.443. The van der Waals surface area contributed by atoms with Gasteiger partial charge in [0.05, 0.1) is 22.9 Å². The summed E-state index contributed by atoms with van der Waals surface area (Å²) in [5.41, 5.74) is 8.94. The van der Waals surface area contributed by atoms with Crippen molar-refractivity contribution in [3.8, 4) is 17.2 Å². The van der Waals surface area contributed by atoms with Gasteiger partial charge in [0.25, 0.3) is 11.8 Å². The van der Waals surface area contributed by atoms with E-state index in [0.29, 0.717) is 39.5 Å². The molecule has 0 fully saturated rings. The zero-order valence-electron chi connectivity index (χ0n) is 19.8. The zero-order chi connectivity index (χ0) is 24.4. The molecule has 4 rings (SSSR count). The van der Waals surface area contributed by atoms with Crippen LogP contribution < -0.4 is 15.6 Å². The second kappa shape index (κ2) is 9.38. The number of aryl methyl sites for hydroxylation is 3. The third-order valence-corrected chi connectivity index (χ3v) is 5.45. The second-order valence-electron chi connectivity index (χ2n) is 8.43. The number of benzene rings is 1. The molecule has 3 aromatic heterocycles. The number of hydrogen-bond donors (Lipinski definition) is 2. The molecule has 2 amide bonds. The van der Waals surface area contributed by atoms with Crippen molar-refractivity contribution in [1.29, 1.82) is 0 Å². The van der Waals surface area contributed by atoms with E-state index in [1.165, 1.54) is 6.26 Å². The Hall–Kier alpha value is -4.14. The minimum absolute atomic E-state index is 0.237. The van der Waals surface area contributed by atoms with Gasteiger partial charge < -0.3 is 9.15 Å². The molecule has 0 aliphatic heterocycles. The van der Waals surface area contributed by atoms with Gasteiger partial charge in [-0.25, -0.2) is 4.98 Å². The van der Waals surface area contributed by atoms with Gasteiger partial charge in [-0.1, -0.05) is 26.0 Å². The largest absolute Gasteiger partial charge is 0.483 e. The average molecular weight is 462 g/mol. The van der Waals surface area contributed by atoms with Crippen LogP contribution in [-0.4, -0.2) is 33.2 Å². The normalized spacial score (nSPS) is 11.1. The molecular weight excluding hydrogens is 434 g/mol. The highest BCUT2D eigenvalue weighted by Crippen LogP contribution is 2.28. The minimum Gasteiger partial charge on any atom is -0.483 e. The Morgan fingerprint density at radius 3 is 2.65 bits per heavy atom. The molecule has 176 valence electrons. The molecule has 0 spiro atoms. The lowest BCUT2D eigenvalue weighted by Gasteiger charge is -2.15. The van der Waals surface area contributed by atoms with Crippen LogP contribution in [0, 0.1) is 13.8 Å². The van der Waals surface area contributed by atoms with E-state index >= 15 is 0 Å². The number of hydrazine groups is 1. The van der Waals surface area contributed by atoms with Crippen LogP contribution in [-0.2, 0) is 11.8 Å². The number of hydrogen-bond acceptors (Lipinski definition) is 6. The molecule has 0 radical (unpaired) electrons. The Bertz CT molecular complexity index is 1360. The van der Waals surface area contributed by atoms with E-state index in [-0.39, 0.29) is 12.5 Å². The smallest absolute Gasteiger partial charge is 0.276 e. The van der Waals surface area contributed by atoms with Gasteiger partial charge in [-0.2, -0.15) is 5.10 Å². The van der Waals surface area contributed by atoms with Crippen molar-refractivity contribution in [3.05, 3.63) is 65.0 Å². The summed E-state index contributed by atoms with van der Waals surface area (Å²) >= 11 is 0. The van der Waals surface area contributed by atoms with Crippen molar-refractivity contribution in [2.45, 2.75) is 33.6 Å². The van der Waals surface area contributed by atoms with Crippen molar-refractivity contribution in [2.75, 3.05) is 6.61 Å². The monoisotopic (exact) mass is 461 g/mol. The fraction of sp³-hybridized carbons (Fsp3) is 0.280. The molecule has 34 heavy (non-hydrogen) atoms. The SMILES string of the molecule is Cc1ccc(C(C)C)c(OCC(=O)NNC(=O)c2cc(-c3ccco3)nc3c2c(C)nn3C)c1. The first-order valence-electron chi connectivity index (χ1n) is 11.0. The maximum Gasteiger partial charge on any atom is 0.276 e. The first-order chi connectivity index (χ1) is 16.2. The van der Waals surface area contributed by atoms with E-state index < -0.39 is 11.8 Å². The lowest BCUT2D eigenvalue weighted by molar-refractivity contribution is -0.123. The Morgan fingerprint density at radius 1 is 1.15 bits per heavy atom. The number of amides is 2. The lowest BCUT2D eigenvalue weighted by atomic mass is 10.0. The van der Waals surface area contributed by atoms with E-state index in [1.54, 1.807) is 36.9 Å². The van der Waals surface area contributed by atoms with Gasteiger partial charge in [-0.05, 0) is 55.2 Å². The number of pyridine rings is 1. The van der Waals surface area contributed by atoms with Gasteiger partial charge in [0, 0.05) is 7.05 Å². The minimum atomic E-state index is -0.497. The Kier molecular flexibility index (Phi) is 6.36. The number of carbonyl (C=O) groups excluding carboxylic acids is 2. The van der Waals surface area contributed by atoms with Crippen LogP contribution >= 0.6 is 0 Å². The average Bonchev–Trinajstić information content (AvgIpc) is 3.44. The Labute approximate surface area is 197 Å². The number of aromatic nitrogens is 3. The molecule has 1 aromatic carbocycles. The summed E-state index contributed by atoms with van der Waals surface area (Å²) in [7, 11) is 1.76. The van der Waals surface area contributed by atoms with Crippen molar-refractivity contribution in [1.82, 2.24) is 25.6 Å². The third kappa shape index (κ3) is 4.63. The topological polar surface area (TPSA) is 111 Å². The van der Waals surface area contributed by atoms with Gasteiger partial charge in [0.15, 0.2) is 18.0 Å². The van der Waals surface area contributed by atoms with E-state index in [9.17, 15) is 9.59 Å². The molecule has 0 unspecified atom stereocenters. The van der Waals surface area contributed by atoms with Gasteiger partial charge in [0.2, 0.25) is 0 Å². The third-order valence-electron chi connectivity index (χ3n) is 5.45. The first kappa shape index (κ1) is 23.0. The quantitative estimate of drug-likeness (QED) is 0.423. The summed E-state index contributed by atoms with van der Waals surface area (Å²) in [6.07, 6.45) is 1.54. The fourth-order valence-electron chi connectivity index (χ4n) is 3.79. The summed E-state index contributed by atoms with van der Waals surface area (Å²) in [6.45, 7) is 7.65. The fourth-order valence-corrected chi connectivity index (χ4v) is 3.79. The predicted molar refractivity (Wildman–Crippen MR) is 127 cm³/mol. The molecule has 2 N–H and O–H groups in total. The van der Waals surface area contributed by atoms with Crippen molar-refractivity contribution in [3.63, 3.8) is 0 Å². The van der Waals surface area contributed by atoms with Crippen molar-refractivity contribution < 1.29 is 18.7 Å². The number of rotatable bonds is 6. The summed E-state index contributed by atoms with van der Waals surface area (Å²) in [4.78, 5) is 30.0. The van der Waals surface area contributed by atoms with Crippen LogP contribution in [0.5, 0.6) is 5.75 Å². The van der Waals surface area contributed by atoms with Crippen LogP contribution in [0.1, 0.15) is 46.9 Å². The number of furan rings is 1. The van der Waals surface area contributed by atoms with E-state index in [4.69, 9.17) is 9.15 Å². The van der Waals surface area contributed by atoms with E-state index in [1.807, 2.05) is 25.1 Å². The second-order valence-corrected chi connectivity index (χ2v) is 8.43. The van der Waals surface area contributed by atoms with Crippen LogP contribution in [0.25, 0.3) is 22.5 Å². The summed E-state index contributed by atoms with van der Waals surface area (Å²) in [6, 6.07) is 11.0. The summed E-state index contributed by atoms with van der Waals surface area (Å²) < 4.78 is 12.8. The molecule has 4 aromatic rings. The highest BCUT2D eigenvalue weighted by atomic mass is 16.5. The maximum atomic E-state index is 13.0. The number of ether oxygens (including phenoxy) is 1. The van der Waals surface area contributed by atoms with Crippen LogP contribution in [0.4, 0.5) is 0 Å². The molecule has 0 aliphatic carbocycles. The highest BCUT2D eigenvalue weighted by Gasteiger charge is 2.20. The predicted octanol–water partition coefficient (Wildman–Crippen LogP) is 3.81. The molecule has 0 saturated carbocycles. The molecule has 9 nitrogen and oxygen atoms in total. The van der Waals surface area contributed by atoms with E-state index in [0.717, 1.165) is 11.1 Å². The molecule has 0 saturated heterocycles. The molecule has 3 heterocycles. The number of fused-ring (bicyclic) bond motifs is 1. The zero-order valence-corrected chi connectivity index (χ0v) is 19.8. The van der Waals surface area contributed by atoms with Crippen molar-refractivity contribution in [2.24, 2.45) is 7.05 Å². The first-order valence-corrected chi connectivity index (χ1v) is 11.0. The molecule has 0 bridgehead atoms. The Balaban J connectivity index is 1.50. The maximum absolute atomic E-state index is 13.0. The van der Waals surface area contributed by atoms with Gasteiger partial charge in [-0.15, -0.1) is 0 Å². The number of carbonyl (C=O) groups is 2. The molecule has 0 atom stereocenters. The molecule has 9 heteroatoms. The number of nitrogens with zero attached hydrogens (tertiary/aromatic N) is 3. The highest BCUT2D eigenvalue weighted by molar-refractivity contribution is 6.07. The van der Waals surface area contributed by atoms with Crippen LogP contribution in [0.15, 0.2) is 47.1 Å². The molecule has 0 aliphatic rings. The van der Waals surface area contributed by atoms with Crippen molar-refractivity contribution >= 4 is 22.8 Å². The van der Waals surface area contributed by atoms with E-state index in [2.05, 4.69) is 34.8 Å². The number of nitrogens with one attached hydrogen (secondary N) is 2. The lowest BCUT2D eigenvalue weighted by Crippen LogP contribution is -2.44.